The Morgan fingerprint density at radius 3 is 2.37 bits per heavy atom. The number of benzene rings is 1. The normalized spacial score (nSPS) is 18.1. The Kier molecular flexibility index (Phi) is 8.58. The quantitative estimate of drug-likeness (QED) is 0.243. The van der Waals surface area contributed by atoms with Gasteiger partial charge < -0.3 is 0 Å². The molecule has 1 fully saturated rings. The van der Waals surface area contributed by atoms with Crippen LogP contribution in [0.3, 0.4) is 0 Å². The number of halogens is 1. The molecule has 204 valence electrons. The van der Waals surface area contributed by atoms with E-state index in [-0.39, 0.29) is 21.8 Å². The van der Waals surface area contributed by atoms with Crippen LogP contribution in [0.2, 0.25) is 0 Å². The summed E-state index contributed by atoms with van der Waals surface area (Å²) in [6.07, 6.45) is 4.70. The van der Waals surface area contributed by atoms with Crippen LogP contribution in [0, 0.1) is 17.5 Å². The monoisotopic (exact) mass is 536 g/mol. The fourth-order valence-electron chi connectivity index (χ4n) is 5.78. The second-order valence-electron chi connectivity index (χ2n) is 10.7. The number of thiophene rings is 1. The number of hydrogen-bond acceptors (Lipinski definition) is 4. The van der Waals surface area contributed by atoms with Gasteiger partial charge in [0.2, 0.25) is 0 Å². The highest BCUT2D eigenvalue weighted by molar-refractivity contribution is 7.10. The van der Waals surface area contributed by atoms with Gasteiger partial charge in [-0.1, -0.05) is 32.0 Å². The number of pyridine rings is 1. The minimum absolute atomic E-state index is 0.0562. The molecule has 1 aliphatic rings. The molecule has 1 unspecified atom stereocenters. The maximum atomic E-state index is 13.7. The fraction of sp³-hybridized carbons (Fsp3) is 0.484. The molecule has 3 aromatic heterocycles. The summed E-state index contributed by atoms with van der Waals surface area (Å²) in [4.78, 5) is 21.7. The summed E-state index contributed by atoms with van der Waals surface area (Å²) < 4.78 is 17.6. The number of hydrogen-bond donors (Lipinski definition) is 0. The highest BCUT2D eigenvalue weighted by Crippen LogP contribution is 2.43. The first-order valence-corrected chi connectivity index (χ1v) is 14.6. The van der Waals surface area contributed by atoms with Crippen LogP contribution >= 0.6 is 11.3 Å². The average Bonchev–Trinajstić information content (AvgIpc) is 3.61. The first-order valence-electron chi connectivity index (χ1n) is 13.8. The molecular formula is C31H41FN4OS. The lowest BCUT2D eigenvalue weighted by Crippen LogP contribution is -2.43. The van der Waals surface area contributed by atoms with E-state index in [4.69, 9.17) is 0 Å². The van der Waals surface area contributed by atoms with Gasteiger partial charge in [0.1, 0.15) is 0 Å². The molecule has 1 saturated heterocycles. The molecule has 0 radical (unpaired) electrons. The Morgan fingerprint density at radius 1 is 1.05 bits per heavy atom. The molecule has 0 aliphatic carbocycles. The molecule has 1 atom stereocenters. The molecule has 38 heavy (non-hydrogen) atoms. The number of aromatic nitrogens is 3. The van der Waals surface area contributed by atoms with Crippen LogP contribution in [0.15, 0.2) is 59.5 Å². The Balaban J connectivity index is 0.00000164. The predicted octanol–water partition coefficient (Wildman–Crippen LogP) is 7.01. The van der Waals surface area contributed by atoms with Crippen molar-refractivity contribution >= 4 is 22.4 Å². The number of nitrogens with zero attached hydrogens (tertiary/aromatic N) is 4. The third-order valence-corrected chi connectivity index (χ3v) is 9.05. The number of para-hydroxylation sites is 2. The summed E-state index contributed by atoms with van der Waals surface area (Å²) in [6, 6.07) is 15.8. The smallest absolute Gasteiger partial charge is 0.293 e. The Hall–Kier alpha value is -2.77. The van der Waals surface area contributed by atoms with Gasteiger partial charge in [-0.25, -0.2) is 4.79 Å². The fourth-order valence-corrected chi connectivity index (χ4v) is 6.50. The zero-order chi connectivity index (χ0) is 27.5. The highest BCUT2D eigenvalue weighted by atomic mass is 32.1. The largest absolute Gasteiger partial charge is 0.329 e. The van der Waals surface area contributed by atoms with Gasteiger partial charge in [-0.15, -0.1) is 11.3 Å². The number of aryl methyl sites for hydroxylation is 3. The van der Waals surface area contributed by atoms with E-state index in [1.165, 1.54) is 16.9 Å². The number of rotatable bonds is 8. The lowest BCUT2D eigenvalue weighted by molar-refractivity contribution is 0.120. The first kappa shape index (κ1) is 28.2. The van der Waals surface area contributed by atoms with Crippen LogP contribution in [0.25, 0.3) is 11.0 Å². The molecule has 0 N–H and O–H groups in total. The lowest BCUT2D eigenvalue weighted by Gasteiger charge is -2.38. The molecule has 0 saturated carbocycles. The number of likely N-dealkylation sites (tertiary alicyclic amines) is 1. The van der Waals surface area contributed by atoms with Crippen molar-refractivity contribution in [3.8, 4) is 0 Å². The lowest BCUT2D eigenvalue weighted by atomic mass is 9.81. The summed E-state index contributed by atoms with van der Waals surface area (Å²) >= 11 is 1.23. The Bertz CT molecular complexity index is 1420. The van der Waals surface area contributed by atoms with Crippen molar-refractivity contribution in [2.45, 2.75) is 79.4 Å². The van der Waals surface area contributed by atoms with Crippen LogP contribution in [-0.4, -0.2) is 32.1 Å². The summed E-state index contributed by atoms with van der Waals surface area (Å²) in [5.74, 6) is 0. The topological polar surface area (TPSA) is 43.1 Å². The first-order chi connectivity index (χ1) is 18.2. The van der Waals surface area contributed by atoms with E-state index in [1.54, 1.807) is 6.07 Å². The van der Waals surface area contributed by atoms with Crippen molar-refractivity contribution in [2.75, 3.05) is 13.1 Å². The molecule has 7 heteroatoms. The van der Waals surface area contributed by atoms with E-state index in [2.05, 4.69) is 41.9 Å². The van der Waals surface area contributed by atoms with Gasteiger partial charge in [0.25, 0.3) is 0 Å². The summed E-state index contributed by atoms with van der Waals surface area (Å²) in [5, 5.41) is -0.137. The van der Waals surface area contributed by atoms with Crippen molar-refractivity contribution < 1.29 is 4.39 Å². The van der Waals surface area contributed by atoms with Crippen LogP contribution < -0.4 is 5.69 Å². The molecule has 5 nitrogen and oxygen atoms in total. The van der Waals surface area contributed by atoms with Crippen molar-refractivity contribution in [3.05, 3.63) is 86.5 Å². The third-order valence-electron chi connectivity index (χ3n) is 8.11. The SMILES string of the molecule is CC.CCn1c(=O)n(CC2(CCc3ccc(F)s3)CCN(C(C)(C)c3ccc(C)nc3)C2)c2ccccc21. The molecule has 4 heterocycles. The van der Waals surface area contributed by atoms with E-state index in [0.29, 0.717) is 13.1 Å². The van der Waals surface area contributed by atoms with E-state index in [1.807, 2.05) is 67.3 Å². The molecule has 0 spiro atoms. The Morgan fingerprint density at radius 2 is 1.76 bits per heavy atom. The molecule has 5 rings (SSSR count). The van der Waals surface area contributed by atoms with Crippen LogP contribution in [0.4, 0.5) is 4.39 Å². The molecule has 1 aromatic carbocycles. The Labute approximate surface area is 229 Å². The van der Waals surface area contributed by atoms with Crippen molar-refractivity contribution in [1.29, 1.82) is 0 Å². The maximum absolute atomic E-state index is 13.7. The van der Waals surface area contributed by atoms with Gasteiger partial charge in [0.05, 0.1) is 11.0 Å². The van der Waals surface area contributed by atoms with Gasteiger partial charge in [-0.05, 0) is 89.4 Å². The van der Waals surface area contributed by atoms with E-state index in [0.717, 1.165) is 54.0 Å². The molecule has 4 aromatic rings. The van der Waals surface area contributed by atoms with Crippen molar-refractivity contribution in [2.24, 2.45) is 5.41 Å². The van der Waals surface area contributed by atoms with Gasteiger partial charge >= 0.3 is 5.69 Å². The highest BCUT2D eigenvalue weighted by Gasteiger charge is 2.44. The zero-order valence-corrected chi connectivity index (χ0v) is 24.4. The molecule has 1 aliphatic heterocycles. The summed E-state index contributed by atoms with van der Waals surface area (Å²) in [7, 11) is 0. The van der Waals surface area contributed by atoms with Crippen molar-refractivity contribution in [1.82, 2.24) is 19.0 Å². The standard InChI is InChI=1S/C29H35FN4OS.C2H6/c1-5-33-24-8-6-7-9-25(24)34(27(33)35)20-29(15-14-23-12-13-26(30)36-23)16-17-32(19-29)28(3,4)22-11-10-21(2)31-18-22;1-2/h6-13,18H,5,14-17,19-20H2,1-4H3;1-2H3. The van der Waals surface area contributed by atoms with Gasteiger partial charge in [-0.3, -0.25) is 19.0 Å². The third kappa shape index (κ3) is 5.50. The van der Waals surface area contributed by atoms with E-state index < -0.39 is 0 Å². The minimum Gasteiger partial charge on any atom is -0.293 e. The average molecular weight is 537 g/mol. The predicted molar refractivity (Wildman–Crippen MR) is 156 cm³/mol. The van der Waals surface area contributed by atoms with Crippen molar-refractivity contribution in [3.63, 3.8) is 0 Å². The maximum Gasteiger partial charge on any atom is 0.329 e. The van der Waals surface area contributed by atoms with Gasteiger partial charge in [-0.2, -0.15) is 4.39 Å². The molecular weight excluding hydrogens is 495 g/mol. The second kappa shape index (κ2) is 11.5. The van der Waals surface area contributed by atoms with Crippen LogP contribution in [0.5, 0.6) is 0 Å². The molecule has 0 amide bonds. The van der Waals surface area contributed by atoms with Crippen LogP contribution in [-0.2, 0) is 25.0 Å². The number of fused-ring (bicyclic) bond motifs is 1. The van der Waals surface area contributed by atoms with Gasteiger partial charge in [0.15, 0.2) is 5.13 Å². The minimum atomic E-state index is -0.181. The second-order valence-corrected chi connectivity index (χ2v) is 11.8. The van der Waals surface area contributed by atoms with Gasteiger partial charge in [0, 0.05) is 47.4 Å². The summed E-state index contributed by atoms with van der Waals surface area (Å²) in [6.45, 7) is 15.7. The van der Waals surface area contributed by atoms with E-state index in [9.17, 15) is 9.18 Å². The van der Waals surface area contributed by atoms with Crippen LogP contribution in [0.1, 0.15) is 63.6 Å². The zero-order valence-electron chi connectivity index (χ0n) is 23.6. The molecule has 0 bridgehead atoms. The van der Waals surface area contributed by atoms with E-state index >= 15 is 0 Å². The number of imidazole rings is 1. The summed E-state index contributed by atoms with van der Waals surface area (Å²) in [5.41, 5.74) is 3.97.